The van der Waals surface area contributed by atoms with Gasteiger partial charge in [-0.15, -0.1) is 0 Å². The Hall–Kier alpha value is -0.480. The van der Waals surface area contributed by atoms with E-state index in [0.29, 0.717) is 0 Å². The molecule has 0 aliphatic heterocycles. The Kier molecular flexibility index (Phi) is 3.30. The minimum atomic E-state index is -1.09. The lowest BCUT2D eigenvalue weighted by atomic mass is 11.1. The fourth-order valence-corrected chi connectivity index (χ4v) is 0.215. The van der Waals surface area contributed by atoms with Crippen LogP contribution in [0.4, 0.5) is 9.59 Å². The van der Waals surface area contributed by atoms with E-state index in [0.717, 1.165) is 0 Å². The molecule has 0 aliphatic rings. The third-order valence-corrected chi connectivity index (χ3v) is 0.505. The van der Waals surface area contributed by atoms with Crippen LogP contribution in [0.3, 0.4) is 0 Å². The monoisotopic (exact) mass is 157 g/mol. The van der Waals surface area contributed by atoms with E-state index in [-0.39, 0.29) is 0 Å². The van der Waals surface area contributed by atoms with Crippen molar-refractivity contribution in [2.24, 2.45) is 0 Å². The van der Waals surface area contributed by atoms with Gasteiger partial charge in [-0.1, -0.05) is 0 Å². The minimum Gasteiger partial charge on any atom is -0.330 e. The number of rotatable bonds is 0. The number of carbonyl (C=O) groups excluding carboxylic acids is 2. The maximum Gasteiger partial charge on any atom is 0.433 e. The summed E-state index contributed by atoms with van der Waals surface area (Å²) in [6.45, 7) is 0. The number of nitrogens with one attached hydrogen (secondary N) is 1. The molecule has 0 aromatic heterocycles. The van der Waals surface area contributed by atoms with E-state index >= 15 is 0 Å². The summed E-state index contributed by atoms with van der Waals surface area (Å²) in [5.41, 5.74) is 0. The molecule has 0 radical (unpaired) electrons. The fourth-order valence-electron chi connectivity index (χ4n) is 0.0995. The molecule has 0 aromatic carbocycles. The van der Waals surface area contributed by atoms with Crippen LogP contribution < -0.4 is 5.32 Å². The SMILES string of the molecule is O=C(Cl)NC(=O)OCl. The number of amides is 2. The van der Waals surface area contributed by atoms with Gasteiger partial charge in [0, 0.05) is 0 Å². The second-order valence-corrected chi connectivity index (χ2v) is 1.26. The van der Waals surface area contributed by atoms with Gasteiger partial charge in [-0.05, 0) is 11.6 Å². The molecule has 0 bridgehead atoms. The summed E-state index contributed by atoms with van der Waals surface area (Å²) in [4.78, 5) is 19.6. The summed E-state index contributed by atoms with van der Waals surface area (Å²) in [6.07, 6.45) is -1.09. The summed E-state index contributed by atoms with van der Waals surface area (Å²) < 4.78 is 3.48. The smallest absolute Gasteiger partial charge is 0.330 e. The molecule has 0 fully saturated rings. The van der Waals surface area contributed by atoms with Crippen molar-refractivity contribution in [1.29, 1.82) is 0 Å². The molecule has 0 heterocycles. The van der Waals surface area contributed by atoms with Crippen LogP contribution in [0.2, 0.25) is 0 Å². The highest BCUT2D eigenvalue weighted by Crippen LogP contribution is 1.83. The van der Waals surface area contributed by atoms with Crippen LogP contribution in [0.25, 0.3) is 0 Å². The van der Waals surface area contributed by atoms with Gasteiger partial charge < -0.3 is 4.29 Å². The van der Waals surface area contributed by atoms with E-state index in [1.54, 1.807) is 0 Å². The number of imide groups is 1. The quantitative estimate of drug-likeness (QED) is 0.425. The second kappa shape index (κ2) is 3.51. The van der Waals surface area contributed by atoms with Crippen LogP contribution in [-0.2, 0) is 4.29 Å². The van der Waals surface area contributed by atoms with Crippen LogP contribution in [0.5, 0.6) is 0 Å². The Morgan fingerprint density at radius 1 is 1.50 bits per heavy atom. The van der Waals surface area contributed by atoms with E-state index in [1.807, 2.05) is 0 Å². The molecule has 46 valence electrons. The topological polar surface area (TPSA) is 55.4 Å². The van der Waals surface area contributed by atoms with Gasteiger partial charge in [-0.2, -0.15) is 0 Å². The van der Waals surface area contributed by atoms with E-state index in [1.165, 1.54) is 5.32 Å². The number of hydrogen-bond donors (Lipinski definition) is 1. The third-order valence-electron chi connectivity index (χ3n) is 0.270. The Morgan fingerprint density at radius 2 is 2.00 bits per heavy atom. The highest BCUT2D eigenvalue weighted by molar-refractivity contribution is 6.64. The zero-order valence-corrected chi connectivity index (χ0v) is 4.99. The standard InChI is InChI=1S/C2HCl2NO3/c3-1(6)5-2(7)8-4/h(H,5,6,7). The lowest BCUT2D eigenvalue weighted by Crippen LogP contribution is -2.23. The maximum atomic E-state index is 9.85. The summed E-state index contributed by atoms with van der Waals surface area (Å²) in [7, 11) is 0. The Labute approximate surface area is 54.9 Å². The Bertz CT molecular complexity index is 114. The molecule has 0 aromatic rings. The Morgan fingerprint density at radius 3 is 2.12 bits per heavy atom. The molecule has 8 heavy (non-hydrogen) atoms. The molecular formula is C2HCl2NO3. The van der Waals surface area contributed by atoms with E-state index < -0.39 is 11.5 Å². The first-order chi connectivity index (χ1) is 3.66. The molecule has 2 amide bonds. The largest absolute Gasteiger partial charge is 0.433 e. The van der Waals surface area contributed by atoms with Crippen LogP contribution in [0, 0.1) is 0 Å². The van der Waals surface area contributed by atoms with Crippen molar-refractivity contribution < 1.29 is 13.9 Å². The van der Waals surface area contributed by atoms with Crippen molar-refractivity contribution in [2.45, 2.75) is 0 Å². The lowest BCUT2D eigenvalue weighted by molar-refractivity contribution is 0.205. The maximum absolute atomic E-state index is 9.85. The highest BCUT2D eigenvalue weighted by Gasteiger charge is 2.02. The van der Waals surface area contributed by atoms with Gasteiger partial charge in [0.25, 0.3) is 0 Å². The van der Waals surface area contributed by atoms with Crippen molar-refractivity contribution in [3.05, 3.63) is 0 Å². The zero-order valence-electron chi connectivity index (χ0n) is 3.48. The van der Waals surface area contributed by atoms with Crippen molar-refractivity contribution >= 4 is 34.9 Å². The van der Waals surface area contributed by atoms with Gasteiger partial charge in [0.05, 0.1) is 0 Å². The first-order valence-corrected chi connectivity index (χ1v) is 2.14. The molecule has 0 unspecified atom stereocenters. The first-order valence-electron chi connectivity index (χ1n) is 1.46. The predicted octanol–water partition coefficient (Wildman–Crippen LogP) is 1.23. The summed E-state index contributed by atoms with van der Waals surface area (Å²) in [6, 6.07) is 0. The van der Waals surface area contributed by atoms with Gasteiger partial charge in [0.15, 0.2) is 0 Å². The normalized spacial score (nSPS) is 7.75. The van der Waals surface area contributed by atoms with Crippen molar-refractivity contribution in [1.82, 2.24) is 5.32 Å². The number of carbonyl (C=O) groups is 2. The van der Waals surface area contributed by atoms with Gasteiger partial charge in [-0.3, -0.25) is 4.79 Å². The first kappa shape index (κ1) is 7.52. The van der Waals surface area contributed by atoms with Gasteiger partial charge in [0.1, 0.15) is 11.9 Å². The van der Waals surface area contributed by atoms with Crippen molar-refractivity contribution in [3.8, 4) is 0 Å². The van der Waals surface area contributed by atoms with Crippen molar-refractivity contribution in [2.75, 3.05) is 0 Å². The van der Waals surface area contributed by atoms with Gasteiger partial charge in [0.2, 0.25) is 0 Å². The van der Waals surface area contributed by atoms with Crippen LogP contribution >= 0.6 is 23.5 Å². The average Bonchev–Trinajstić information content (AvgIpc) is 1.65. The van der Waals surface area contributed by atoms with Crippen molar-refractivity contribution in [3.63, 3.8) is 0 Å². The Balaban J connectivity index is 3.40. The van der Waals surface area contributed by atoms with E-state index in [4.69, 9.17) is 0 Å². The minimum absolute atomic E-state index is 1.03. The molecule has 0 saturated heterocycles. The number of hydrogen-bond acceptors (Lipinski definition) is 3. The summed E-state index contributed by atoms with van der Waals surface area (Å²) >= 11 is 9.12. The lowest BCUT2D eigenvalue weighted by Gasteiger charge is -1.89. The molecule has 1 N–H and O–H groups in total. The molecule has 6 heteroatoms. The predicted molar refractivity (Wildman–Crippen MR) is 26.7 cm³/mol. The van der Waals surface area contributed by atoms with Gasteiger partial charge in [-0.25, -0.2) is 10.1 Å². The van der Waals surface area contributed by atoms with E-state index in [9.17, 15) is 9.59 Å². The molecule has 0 rings (SSSR count). The molecule has 0 atom stereocenters. The zero-order chi connectivity index (χ0) is 6.57. The van der Waals surface area contributed by atoms with E-state index in [2.05, 4.69) is 27.8 Å². The molecular weight excluding hydrogens is 157 g/mol. The second-order valence-electron chi connectivity index (χ2n) is 0.763. The van der Waals surface area contributed by atoms with Crippen LogP contribution in [0.15, 0.2) is 0 Å². The highest BCUT2D eigenvalue weighted by atomic mass is 35.5. The molecule has 4 nitrogen and oxygen atoms in total. The number of halogens is 2. The van der Waals surface area contributed by atoms with Crippen LogP contribution in [-0.4, -0.2) is 11.5 Å². The molecule has 0 spiro atoms. The summed E-state index contributed by atoms with van der Waals surface area (Å²) in [5, 5.41) is 0.494. The molecule has 0 aliphatic carbocycles. The summed E-state index contributed by atoms with van der Waals surface area (Å²) in [5.74, 6) is 0. The average molecular weight is 158 g/mol. The van der Waals surface area contributed by atoms with Gasteiger partial charge >= 0.3 is 11.5 Å². The fraction of sp³-hybridized carbons (Fsp3) is 0. The molecule has 0 saturated carbocycles. The van der Waals surface area contributed by atoms with Crippen LogP contribution in [0.1, 0.15) is 0 Å². The third kappa shape index (κ3) is 3.70.